The minimum absolute atomic E-state index is 0. The Morgan fingerprint density at radius 1 is 1.38 bits per heavy atom. The summed E-state index contributed by atoms with van der Waals surface area (Å²) in [5, 5.41) is 3.65. The lowest BCUT2D eigenvalue weighted by Crippen LogP contribution is -1.93. The SMILES string of the molecule is O=CNc1ccc2cccnc2c1.[H+]. The molecule has 2 rings (SSSR count). The minimum Gasteiger partial charge on any atom is -0.329 e. The molecule has 3 heteroatoms. The molecule has 0 saturated carbocycles. The summed E-state index contributed by atoms with van der Waals surface area (Å²) in [6, 6.07) is 9.47. The van der Waals surface area contributed by atoms with Crippen molar-refractivity contribution in [2.24, 2.45) is 0 Å². The lowest BCUT2D eigenvalue weighted by molar-refractivity contribution is -0.105. The second-order valence-electron chi connectivity index (χ2n) is 2.67. The number of pyridine rings is 1. The Morgan fingerprint density at radius 2 is 2.31 bits per heavy atom. The number of hydrogen-bond donors (Lipinski definition) is 1. The number of carbonyl (C=O) groups is 1. The third kappa shape index (κ3) is 1.49. The van der Waals surface area contributed by atoms with Crippen LogP contribution in [0, 0.1) is 0 Å². The van der Waals surface area contributed by atoms with Gasteiger partial charge in [0.1, 0.15) is 0 Å². The van der Waals surface area contributed by atoms with Crippen LogP contribution in [-0.2, 0) is 4.79 Å². The Labute approximate surface area is 76.9 Å². The van der Waals surface area contributed by atoms with E-state index < -0.39 is 0 Å². The number of nitrogens with one attached hydrogen (secondary N) is 1. The van der Waals surface area contributed by atoms with Crippen molar-refractivity contribution in [1.29, 1.82) is 0 Å². The fourth-order valence-electron chi connectivity index (χ4n) is 1.22. The van der Waals surface area contributed by atoms with Crippen LogP contribution in [-0.4, -0.2) is 11.4 Å². The number of nitrogens with zero attached hydrogens (tertiary/aromatic N) is 1. The van der Waals surface area contributed by atoms with Gasteiger partial charge in [0, 0.05) is 17.3 Å². The first kappa shape index (κ1) is 7.73. The summed E-state index contributed by atoms with van der Waals surface area (Å²) in [4.78, 5) is 14.3. The van der Waals surface area contributed by atoms with E-state index in [1.165, 1.54) is 0 Å². The number of carbonyl (C=O) groups excluding carboxylic acids is 1. The molecule has 3 nitrogen and oxygen atoms in total. The van der Waals surface area contributed by atoms with Crippen molar-refractivity contribution in [2.75, 3.05) is 5.32 Å². The van der Waals surface area contributed by atoms with Gasteiger partial charge in [0.2, 0.25) is 6.41 Å². The number of amides is 1. The third-order valence-corrected chi connectivity index (χ3v) is 1.83. The lowest BCUT2D eigenvalue weighted by atomic mass is 10.2. The molecule has 1 N–H and O–H groups in total. The quantitative estimate of drug-likeness (QED) is 0.705. The normalized spacial score (nSPS) is 9.85. The molecular formula is C10H9N2O+. The zero-order valence-electron chi connectivity index (χ0n) is 7.90. The second-order valence-corrected chi connectivity index (χ2v) is 2.67. The molecule has 0 bridgehead atoms. The van der Waals surface area contributed by atoms with Gasteiger partial charge in [-0.05, 0) is 18.2 Å². The van der Waals surface area contributed by atoms with E-state index in [1.54, 1.807) is 6.20 Å². The van der Waals surface area contributed by atoms with E-state index in [-0.39, 0.29) is 1.43 Å². The molecule has 1 aromatic heterocycles. The summed E-state index contributed by atoms with van der Waals surface area (Å²) in [5.74, 6) is 0. The molecule has 1 amide bonds. The fourth-order valence-corrected chi connectivity index (χ4v) is 1.22. The highest BCUT2D eigenvalue weighted by Gasteiger charge is 1.94. The molecule has 0 aliphatic heterocycles. The van der Waals surface area contributed by atoms with Crippen LogP contribution in [0.5, 0.6) is 0 Å². The predicted molar refractivity (Wildman–Crippen MR) is 52.5 cm³/mol. The summed E-state index contributed by atoms with van der Waals surface area (Å²) in [6.45, 7) is 0. The van der Waals surface area contributed by atoms with Crippen LogP contribution >= 0.6 is 0 Å². The first-order chi connectivity index (χ1) is 6.40. The zero-order valence-corrected chi connectivity index (χ0v) is 6.90. The summed E-state index contributed by atoms with van der Waals surface area (Å²) in [6.07, 6.45) is 2.39. The van der Waals surface area contributed by atoms with Gasteiger partial charge in [0.25, 0.3) is 0 Å². The van der Waals surface area contributed by atoms with Crippen LogP contribution in [0.25, 0.3) is 10.9 Å². The molecule has 0 saturated heterocycles. The molecule has 0 spiro atoms. The smallest absolute Gasteiger partial charge is 0.329 e. The Hall–Kier alpha value is -1.90. The van der Waals surface area contributed by atoms with Crippen molar-refractivity contribution >= 4 is 23.0 Å². The largest absolute Gasteiger partial charge is 1.00 e. The highest BCUT2D eigenvalue weighted by molar-refractivity contribution is 5.84. The van der Waals surface area contributed by atoms with Gasteiger partial charge in [-0.2, -0.15) is 0 Å². The Bertz CT molecular complexity index is 445. The number of hydrogen-bond acceptors (Lipinski definition) is 2. The summed E-state index contributed by atoms with van der Waals surface area (Å²) < 4.78 is 0. The highest BCUT2D eigenvalue weighted by atomic mass is 16.1. The van der Waals surface area contributed by atoms with Crippen molar-refractivity contribution in [2.45, 2.75) is 0 Å². The third-order valence-electron chi connectivity index (χ3n) is 1.83. The zero-order chi connectivity index (χ0) is 9.10. The van der Waals surface area contributed by atoms with E-state index in [0.29, 0.717) is 6.41 Å². The Balaban J connectivity index is 0.000000980. The minimum atomic E-state index is 0. The fraction of sp³-hybridized carbons (Fsp3) is 0. The van der Waals surface area contributed by atoms with Crippen molar-refractivity contribution in [3.05, 3.63) is 36.5 Å². The van der Waals surface area contributed by atoms with Gasteiger partial charge in [-0.3, -0.25) is 9.78 Å². The maximum Gasteiger partial charge on any atom is 1.00 e. The van der Waals surface area contributed by atoms with Gasteiger partial charge in [-0.25, -0.2) is 0 Å². The van der Waals surface area contributed by atoms with E-state index in [0.717, 1.165) is 16.6 Å². The average molecular weight is 173 g/mol. The molecule has 2 aromatic rings. The number of rotatable bonds is 2. The van der Waals surface area contributed by atoms with Crippen molar-refractivity contribution in [3.8, 4) is 0 Å². The van der Waals surface area contributed by atoms with E-state index >= 15 is 0 Å². The molecule has 64 valence electrons. The number of aromatic nitrogens is 1. The van der Waals surface area contributed by atoms with Gasteiger partial charge < -0.3 is 5.32 Å². The van der Waals surface area contributed by atoms with Crippen molar-refractivity contribution < 1.29 is 6.22 Å². The highest BCUT2D eigenvalue weighted by Crippen LogP contribution is 2.15. The van der Waals surface area contributed by atoms with Gasteiger partial charge in [-0.15, -0.1) is 0 Å². The van der Waals surface area contributed by atoms with E-state index in [2.05, 4.69) is 10.3 Å². The monoisotopic (exact) mass is 173 g/mol. The van der Waals surface area contributed by atoms with Crippen LogP contribution in [0.2, 0.25) is 0 Å². The van der Waals surface area contributed by atoms with Crippen molar-refractivity contribution in [3.63, 3.8) is 0 Å². The van der Waals surface area contributed by atoms with E-state index in [1.807, 2.05) is 30.3 Å². The first-order valence-corrected chi connectivity index (χ1v) is 3.95. The Kier molecular flexibility index (Phi) is 1.92. The summed E-state index contributed by atoms with van der Waals surface area (Å²) in [5.41, 5.74) is 1.65. The standard InChI is InChI=1S/C10H8N2O/c13-7-12-9-4-3-8-2-1-5-11-10(8)6-9/h1-7H,(H,12,13)/p+1. The summed E-state index contributed by atoms with van der Waals surface area (Å²) >= 11 is 0. The topological polar surface area (TPSA) is 42.0 Å². The molecule has 1 heterocycles. The second kappa shape index (κ2) is 3.23. The summed E-state index contributed by atoms with van der Waals surface area (Å²) in [7, 11) is 0. The van der Waals surface area contributed by atoms with E-state index in [4.69, 9.17) is 0 Å². The van der Waals surface area contributed by atoms with Crippen LogP contribution in [0.4, 0.5) is 5.69 Å². The van der Waals surface area contributed by atoms with Crippen LogP contribution in [0.3, 0.4) is 0 Å². The number of anilines is 1. The maximum absolute atomic E-state index is 10.2. The van der Waals surface area contributed by atoms with Gasteiger partial charge in [0.15, 0.2) is 0 Å². The molecule has 0 atom stereocenters. The Morgan fingerprint density at radius 3 is 3.15 bits per heavy atom. The van der Waals surface area contributed by atoms with Gasteiger partial charge in [0.05, 0.1) is 5.52 Å². The number of fused-ring (bicyclic) bond motifs is 1. The van der Waals surface area contributed by atoms with E-state index in [9.17, 15) is 4.79 Å². The molecule has 0 unspecified atom stereocenters. The molecule has 0 fully saturated rings. The first-order valence-electron chi connectivity index (χ1n) is 3.95. The molecule has 13 heavy (non-hydrogen) atoms. The molecule has 0 aliphatic carbocycles. The van der Waals surface area contributed by atoms with Gasteiger partial charge in [-0.1, -0.05) is 12.1 Å². The van der Waals surface area contributed by atoms with Crippen LogP contribution < -0.4 is 5.32 Å². The number of benzene rings is 1. The molecule has 0 radical (unpaired) electrons. The van der Waals surface area contributed by atoms with Gasteiger partial charge >= 0.3 is 1.43 Å². The van der Waals surface area contributed by atoms with Crippen molar-refractivity contribution in [1.82, 2.24) is 4.98 Å². The predicted octanol–water partition coefficient (Wildman–Crippen LogP) is 1.92. The lowest BCUT2D eigenvalue weighted by Gasteiger charge is -1.99. The maximum atomic E-state index is 10.2. The molecule has 0 aliphatic rings. The van der Waals surface area contributed by atoms with Crippen LogP contribution in [0.15, 0.2) is 36.5 Å². The molecule has 1 aromatic carbocycles. The molecular weight excluding hydrogens is 164 g/mol. The average Bonchev–Trinajstić information content (AvgIpc) is 2.18. The van der Waals surface area contributed by atoms with Crippen LogP contribution in [0.1, 0.15) is 1.43 Å².